The van der Waals surface area contributed by atoms with Crippen LogP contribution in [-0.2, 0) is 16.0 Å². The Bertz CT molecular complexity index is 1020. The van der Waals surface area contributed by atoms with Crippen molar-refractivity contribution < 1.29 is 29.1 Å². The number of nitro groups is 1. The van der Waals surface area contributed by atoms with E-state index in [2.05, 4.69) is 5.32 Å². The predicted octanol–water partition coefficient (Wildman–Crippen LogP) is 5.12. The number of amides is 2. The lowest BCUT2D eigenvalue weighted by Crippen LogP contribution is -2.39. The van der Waals surface area contributed by atoms with Crippen molar-refractivity contribution in [3.8, 4) is 5.75 Å². The van der Waals surface area contributed by atoms with Crippen LogP contribution >= 0.6 is 0 Å². The number of hydrogen-bond acceptors (Lipinski definition) is 6. The number of anilines is 1. The van der Waals surface area contributed by atoms with E-state index in [0.29, 0.717) is 37.1 Å². The number of carboxylic acids is 1. The van der Waals surface area contributed by atoms with Gasteiger partial charge in [-0.3, -0.25) is 10.1 Å². The van der Waals surface area contributed by atoms with Crippen molar-refractivity contribution in [2.24, 2.45) is 5.92 Å². The average Bonchev–Trinajstić information content (AvgIpc) is 3.40. The number of benzene rings is 2. The molecule has 10 nitrogen and oxygen atoms in total. The fraction of sp³-hybridized carbons (Fsp3) is 0.481. The molecule has 1 saturated carbocycles. The number of carboxylic acid groups (broad SMARTS) is 1. The van der Waals surface area contributed by atoms with Crippen molar-refractivity contribution in [3.05, 3.63) is 64.2 Å². The molecule has 0 spiro atoms. The number of aliphatic carboxylic acids is 1. The van der Waals surface area contributed by atoms with Crippen molar-refractivity contribution in [2.75, 3.05) is 31.6 Å². The van der Waals surface area contributed by atoms with Crippen LogP contribution in [0.25, 0.3) is 0 Å². The van der Waals surface area contributed by atoms with Gasteiger partial charge in [-0.25, -0.2) is 9.59 Å². The first-order chi connectivity index (χ1) is 17.9. The monoisotopic (exact) mass is 513 g/mol. The largest absolute Gasteiger partial charge is 0.492 e. The maximum absolute atomic E-state index is 13.0. The first kappa shape index (κ1) is 27.9. The Hall–Kier alpha value is -3.66. The van der Waals surface area contributed by atoms with Crippen LogP contribution < -0.4 is 10.1 Å². The van der Waals surface area contributed by atoms with Crippen LogP contribution in [0.2, 0.25) is 0 Å². The predicted molar refractivity (Wildman–Crippen MR) is 139 cm³/mol. The number of nitro benzene ring substituents is 1. The number of carbonyl (C=O) groups excluding carboxylic acids is 1. The normalized spacial score (nSPS) is 14.2. The van der Waals surface area contributed by atoms with Gasteiger partial charge in [0.1, 0.15) is 12.4 Å². The number of nitrogens with one attached hydrogen (secondary N) is 1. The second kappa shape index (κ2) is 14.2. The molecule has 3 rings (SSSR count). The maximum Gasteiger partial charge on any atom is 0.333 e. The topological polar surface area (TPSA) is 131 Å². The second-order valence-corrected chi connectivity index (χ2v) is 9.14. The van der Waals surface area contributed by atoms with Crippen molar-refractivity contribution in [1.82, 2.24) is 4.90 Å². The molecule has 2 amide bonds. The summed E-state index contributed by atoms with van der Waals surface area (Å²) in [6.45, 7) is 3.34. The standard InChI is InChI=1S/C27H35N3O7/c1-2-36-25(26(31)32)19-21-7-13-24(14-8-21)37-18-17-29(16-15-20-5-3-4-6-20)27(33)28-22-9-11-23(12-10-22)30(34)35/h7-14,20,25H,2-6,15-19H2,1H3,(H,28,33)(H,31,32). The Morgan fingerprint density at radius 1 is 1.11 bits per heavy atom. The lowest BCUT2D eigenvalue weighted by molar-refractivity contribution is -0.384. The van der Waals surface area contributed by atoms with Crippen molar-refractivity contribution in [1.29, 1.82) is 0 Å². The summed E-state index contributed by atoms with van der Waals surface area (Å²) in [5, 5.41) is 23.0. The summed E-state index contributed by atoms with van der Waals surface area (Å²) in [5.41, 5.74) is 1.28. The summed E-state index contributed by atoms with van der Waals surface area (Å²) < 4.78 is 11.1. The number of hydrogen-bond donors (Lipinski definition) is 2. The minimum Gasteiger partial charge on any atom is -0.492 e. The van der Waals surface area contributed by atoms with Gasteiger partial charge in [-0.15, -0.1) is 0 Å². The molecule has 2 aromatic rings. The van der Waals surface area contributed by atoms with E-state index in [0.717, 1.165) is 12.0 Å². The lowest BCUT2D eigenvalue weighted by atomic mass is 10.0. The molecule has 10 heteroatoms. The Morgan fingerprint density at radius 2 is 1.78 bits per heavy atom. The molecule has 0 aromatic heterocycles. The number of ether oxygens (including phenoxy) is 2. The molecule has 1 atom stereocenters. The Kier molecular flexibility index (Phi) is 10.7. The molecule has 1 aliphatic rings. The average molecular weight is 514 g/mol. The second-order valence-electron chi connectivity index (χ2n) is 9.14. The van der Waals surface area contributed by atoms with Crippen LogP contribution in [-0.4, -0.2) is 59.3 Å². The van der Waals surface area contributed by atoms with Crippen LogP contribution in [0, 0.1) is 16.0 Å². The molecule has 200 valence electrons. The minimum absolute atomic E-state index is 0.0353. The Balaban J connectivity index is 1.55. The highest BCUT2D eigenvalue weighted by Crippen LogP contribution is 2.27. The number of nitrogens with zero attached hydrogens (tertiary/aromatic N) is 2. The van der Waals surface area contributed by atoms with Gasteiger partial charge in [0.15, 0.2) is 6.10 Å². The zero-order valence-electron chi connectivity index (χ0n) is 21.1. The minimum atomic E-state index is -0.994. The molecule has 0 radical (unpaired) electrons. The van der Waals surface area contributed by atoms with Gasteiger partial charge in [-0.1, -0.05) is 37.8 Å². The van der Waals surface area contributed by atoms with E-state index >= 15 is 0 Å². The molecule has 2 aromatic carbocycles. The van der Waals surface area contributed by atoms with Gasteiger partial charge < -0.3 is 24.8 Å². The van der Waals surface area contributed by atoms with E-state index in [1.54, 1.807) is 24.0 Å². The van der Waals surface area contributed by atoms with Gasteiger partial charge in [0.25, 0.3) is 5.69 Å². The van der Waals surface area contributed by atoms with E-state index in [1.165, 1.54) is 49.9 Å². The third kappa shape index (κ3) is 9.05. The first-order valence-electron chi connectivity index (χ1n) is 12.7. The van der Waals surface area contributed by atoms with Gasteiger partial charge in [0.2, 0.25) is 0 Å². The van der Waals surface area contributed by atoms with Crippen LogP contribution in [0.5, 0.6) is 5.75 Å². The molecule has 1 unspecified atom stereocenters. The lowest BCUT2D eigenvalue weighted by Gasteiger charge is -2.24. The third-order valence-electron chi connectivity index (χ3n) is 6.52. The molecule has 1 fully saturated rings. The van der Waals surface area contributed by atoms with Crippen LogP contribution in [0.4, 0.5) is 16.2 Å². The van der Waals surface area contributed by atoms with Gasteiger partial charge in [-0.2, -0.15) is 0 Å². The zero-order valence-corrected chi connectivity index (χ0v) is 21.1. The maximum atomic E-state index is 13.0. The molecule has 0 bridgehead atoms. The molecular formula is C27H35N3O7. The fourth-order valence-corrected chi connectivity index (χ4v) is 4.45. The summed E-state index contributed by atoms with van der Waals surface area (Å²) >= 11 is 0. The number of non-ortho nitro benzene ring substituents is 1. The van der Waals surface area contributed by atoms with E-state index < -0.39 is 17.0 Å². The molecule has 37 heavy (non-hydrogen) atoms. The van der Waals surface area contributed by atoms with E-state index in [9.17, 15) is 24.8 Å². The summed E-state index contributed by atoms with van der Waals surface area (Å²) in [6.07, 6.45) is 5.14. The number of rotatable bonds is 14. The van der Waals surface area contributed by atoms with Crippen molar-refractivity contribution in [2.45, 2.75) is 51.6 Å². The molecule has 0 saturated heterocycles. The highest BCUT2D eigenvalue weighted by atomic mass is 16.6. The quantitative estimate of drug-likeness (QED) is 0.265. The van der Waals surface area contributed by atoms with Crippen LogP contribution in [0.3, 0.4) is 0 Å². The summed E-state index contributed by atoms with van der Waals surface area (Å²) in [4.78, 5) is 36.4. The molecule has 1 aliphatic carbocycles. The van der Waals surface area contributed by atoms with Gasteiger partial charge in [0, 0.05) is 37.4 Å². The van der Waals surface area contributed by atoms with Gasteiger partial charge in [-0.05, 0) is 49.1 Å². The van der Waals surface area contributed by atoms with Gasteiger partial charge >= 0.3 is 12.0 Å². The molecular weight excluding hydrogens is 478 g/mol. The summed E-state index contributed by atoms with van der Waals surface area (Å²) in [6, 6.07) is 12.7. The molecule has 0 aliphatic heterocycles. The van der Waals surface area contributed by atoms with Crippen LogP contribution in [0.1, 0.15) is 44.6 Å². The SMILES string of the molecule is CCOC(Cc1ccc(OCCN(CCC2CCCC2)C(=O)Nc2ccc([N+](=O)[O-])cc2)cc1)C(=O)O. The van der Waals surface area contributed by atoms with E-state index in [4.69, 9.17) is 9.47 Å². The Morgan fingerprint density at radius 3 is 2.38 bits per heavy atom. The number of urea groups is 1. The molecule has 2 N–H and O–H groups in total. The van der Waals surface area contributed by atoms with E-state index in [-0.39, 0.29) is 24.7 Å². The fourth-order valence-electron chi connectivity index (χ4n) is 4.45. The molecule has 0 heterocycles. The van der Waals surface area contributed by atoms with Crippen LogP contribution in [0.15, 0.2) is 48.5 Å². The van der Waals surface area contributed by atoms with Crippen molar-refractivity contribution >= 4 is 23.4 Å². The van der Waals surface area contributed by atoms with E-state index in [1.807, 2.05) is 12.1 Å². The Labute approximate surface area is 216 Å². The highest BCUT2D eigenvalue weighted by molar-refractivity contribution is 5.89. The summed E-state index contributed by atoms with van der Waals surface area (Å²) in [7, 11) is 0. The smallest absolute Gasteiger partial charge is 0.333 e. The number of carbonyl (C=O) groups is 2. The zero-order chi connectivity index (χ0) is 26.6. The summed E-state index contributed by atoms with van der Waals surface area (Å²) in [5.74, 6) is 0.250. The first-order valence-corrected chi connectivity index (χ1v) is 12.7. The third-order valence-corrected chi connectivity index (χ3v) is 6.52. The van der Waals surface area contributed by atoms with Gasteiger partial charge in [0.05, 0.1) is 11.5 Å². The highest BCUT2D eigenvalue weighted by Gasteiger charge is 2.20. The van der Waals surface area contributed by atoms with Crippen molar-refractivity contribution in [3.63, 3.8) is 0 Å².